The molecule has 0 radical (unpaired) electrons. The number of halogens is 6. The van der Waals surface area contributed by atoms with E-state index in [1.807, 2.05) is 0 Å². The number of anilines is 3. The van der Waals surface area contributed by atoms with Crippen LogP contribution in [0.25, 0.3) is 0 Å². The van der Waals surface area contributed by atoms with E-state index in [4.69, 9.17) is 0 Å². The summed E-state index contributed by atoms with van der Waals surface area (Å²) in [6.45, 7) is 1.37. The molecule has 36 heavy (non-hydrogen) atoms. The Hall–Kier alpha value is -3.58. The molecule has 2 amide bonds. The smallest absolute Gasteiger partial charge is 0.380 e. The standard InChI is InChI=1S/C22H24F6N4O4/c1-11(33)30-15(20(36)32(2)3)6-4-5-7-29-16-17(19(35)18(16)34)31-14-9-12(21(23,24)25)8-13(10-14)22(26,27)28/h8-10,15,29,31H,4-7H2,1-3H3,(H,30,33)/t15-/m0/s1. The molecule has 0 aliphatic carbocycles. The molecule has 0 aliphatic rings. The fourth-order valence-corrected chi connectivity index (χ4v) is 3.35. The molecule has 3 N–H and O–H groups in total. The van der Waals surface area contributed by atoms with Crippen LogP contribution in [-0.4, -0.2) is 43.4 Å². The maximum absolute atomic E-state index is 13.1. The van der Waals surface area contributed by atoms with Gasteiger partial charge in [0.1, 0.15) is 17.4 Å². The van der Waals surface area contributed by atoms with Gasteiger partial charge in [0.15, 0.2) is 0 Å². The van der Waals surface area contributed by atoms with Crippen molar-refractivity contribution in [1.29, 1.82) is 0 Å². The monoisotopic (exact) mass is 522 g/mol. The highest BCUT2D eigenvalue weighted by molar-refractivity contribution is 5.86. The second-order valence-electron chi connectivity index (χ2n) is 8.24. The number of nitrogens with zero attached hydrogens (tertiary/aromatic N) is 1. The number of benzene rings is 1. The van der Waals surface area contributed by atoms with Crippen LogP contribution >= 0.6 is 0 Å². The van der Waals surface area contributed by atoms with Crippen molar-refractivity contribution in [2.75, 3.05) is 31.3 Å². The minimum absolute atomic E-state index is 0.0538. The first-order valence-electron chi connectivity index (χ1n) is 10.6. The van der Waals surface area contributed by atoms with Crippen LogP contribution in [0.1, 0.15) is 37.3 Å². The van der Waals surface area contributed by atoms with Crippen LogP contribution in [0.3, 0.4) is 0 Å². The second-order valence-corrected chi connectivity index (χ2v) is 8.24. The van der Waals surface area contributed by atoms with Gasteiger partial charge in [0.05, 0.1) is 11.1 Å². The molecule has 1 atom stereocenters. The van der Waals surface area contributed by atoms with Gasteiger partial charge in [-0.05, 0) is 37.5 Å². The number of unbranched alkanes of at least 4 members (excludes halogenated alkanes) is 1. The first kappa shape index (κ1) is 28.7. The van der Waals surface area contributed by atoms with Crippen LogP contribution < -0.4 is 26.8 Å². The van der Waals surface area contributed by atoms with E-state index in [9.17, 15) is 45.5 Å². The van der Waals surface area contributed by atoms with Gasteiger partial charge in [0, 0.05) is 33.3 Å². The van der Waals surface area contributed by atoms with Crippen molar-refractivity contribution in [3.63, 3.8) is 0 Å². The second kappa shape index (κ2) is 11.0. The molecule has 2 rings (SSSR count). The third-order valence-corrected chi connectivity index (χ3v) is 5.11. The minimum Gasteiger partial charge on any atom is -0.380 e. The van der Waals surface area contributed by atoms with E-state index < -0.39 is 57.7 Å². The van der Waals surface area contributed by atoms with E-state index in [0.29, 0.717) is 25.0 Å². The molecule has 2 aromatic rings. The summed E-state index contributed by atoms with van der Waals surface area (Å²) in [6.07, 6.45) is -9.08. The Balaban J connectivity index is 2.09. The van der Waals surface area contributed by atoms with Gasteiger partial charge in [-0.1, -0.05) is 0 Å². The van der Waals surface area contributed by atoms with Crippen molar-refractivity contribution < 1.29 is 35.9 Å². The zero-order valence-electron chi connectivity index (χ0n) is 19.5. The lowest BCUT2D eigenvalue weighted by Crippen LogP contribution is -2.45. The number of hydrogen-bond donors (Lipinski definition) is 3. The number of likely N-dealkylation sites (N-methyl/N-ethyl adjacent to an activating group) is 1. The predicted octanol–water partition coefficient (Wildman–Crippen LogP) is 3.24. The predicted molar refractivity (Wildman–Crippen MR) is 120 cm³/mol. The summed E-state index contributed by atoms with van der Waals surface area (Å²) < 4.78 is 78.3. The van der Waals surface area contributed by atoms with Crippen molar-refractivity contribution in [3.8, 4) is 0 Å². The van der Waals surface area contributed by atoms with Gasteiger partial charge in [-0.3, -0.25) is 19.2 Å². The summed E-state index contributed by atoms with van der Waals surface area (Å²) in [6, 6.07) is -0.00819. The topological polar surface area (TPSA) is 108 Å². The molecule has 198 valence electrons. The lowest BCUT2D eigenvalue weighted by molar-refractivity contribution is -0.143. The maximum atomic E-state index is 13.1. The van der Waals surface area contributed by atoms with Crippen molar-refractivity contribution in [3.05, 3.63) is 49.8 Å². The Labute approximate surface area is 201 Å². The Kier molecular flexibility index (Phi) is 8.75. The molecule has 0 aromatic heterocycles. The summed E-state index contributed by atoms with van der Waals surface area (Å²) in [7, 11) is 3.06. The van der Waals surface area contributed by atoms with E-state index in [-0.39, 0.29) is 30.6 Å². The number of amides is 2. The summed E-state index contributed by atoms with van der Waals surface area (Å²) in [5, 5.41) is 7.37. The summed E-state index contributed by atoms with van der Waals surface area (Å²) in [5.74, 6) is -0.706. The van der Waals surface area contributed by atoms with Crippen LogP contribution in [0.2, 0.25) is 0 Å². The number of carbonyl (C=O) groups excluding carboxylic acids is 2. The van der Waals surface area contributed by atoms with Crippen molar-refractivity contribution in [1.82, 2.24) is 10.2 Å². The first-order chi connectivity index (χ1) is 16.5. The summed E-state index contributed by atoms with van der Waals surface area (Å²) >= 11 is 0. The van der Waals surface area contributed by atoms with Gasteiger partial charge in [0.25, 0.3) is 10.9 Å². The molecule has 0 spiro atoms. The van der Waals surface area contributed by atoms with Crippen molar-refractivity contribution in [2.45, 2.75) is 44.6 Å². The number of alkyl halides is 6. The number of carbonyl (C=O) groups is 2. The maximum Gasteiger partial charge on any atom is 0.416 e. The molecular formula is C22H24F6N4O4. The van der Waals surface area contributed by atoms with E-state index in [1.165, 1.54) is 25.9 Å². The molecule has 14 heteroatoms. The highest BCUT2D eigenvalue weighted by atomic mass is 19.4. The van der Waals surface area contributed by atoms with Crippen LogP contribution in [0, 0.1) is 0 Å². The molecule has 0 heterocycles. The molecule has 0 saturated heterocycles. The van der Waals surface area contributed by atoms with E-state index in [1.54, 1.807) is 0 Å². The molecule has 8 nitrogen and oxygen atoms in total. The molecule has 0 bridgehead atoms. The fourth-order valence-electron chi connectivity index (χ4n) is 3.35. The third kappa shape index (κ3) is 7.21. The normalized spacial score (nSPS) is 12.8. The largest absolute Gasteiger partial charge is 0.416 e. The zero-order chi connectivity index (χ0) is 27.4. The van der Waals surface area contributed by atoms with Gasteiger partial charge in [-0.15, -0.1) is 0 Å². The number of rotatable bonds is 10. The van der Waals surface area contributed by atoms with E-state index in [2.05, 4.69) is 16.0 Å². The Morgan fingerprint density at radius 2 is 1.42 bits per heavy atom. The van der Waals surface area contributed by atoms with Gasteiger partial charge >= 0.3 is 12.4 Å². The summed E-state index contributed by atoms with van der Waals surface area (Å²) in [4.78, 5) is 48.6. The van der Waals surface area contributed by atoms with Gasteiger partial charge in [-0.25, -0.2) is 0 Å². The van der Waals surface area contributed by atoms with Gasteiger partial charge < -0.3 is 20.9 Å². The Morgan fingerprint density at radius 3 is 1.89 bits per heavy atom. The molecular weight excluding hydrogens is 498 g/mol. The minimum atomic E-state index is -5.07. The highest BCUT2D eigenvalue weighted by Gasteiger charge is 2.37. The SMILES string of the molecule is CC(=O)N[C@@H](CCCCNc1c(Nc2cc(C(F)(F)F)cc(C(F)(F)F)c2)c(=O)c1=O)C(=O)N(C)C. The van der Waals surface area contributed by atoms with Crippen LogP contribution in [-0.2, 0) is 21.9 Å². The molecule has 0 fully saturated rings. The summed E-state index contributed by atoms with van der Waals surface area (Å²) in [5.41, 5.74) is -6.60. The van der Waals surface area contributed by atoms with Crippen LogP contribution in [0.4, 0.5) is 43.4 Å². The molecule has 0 aliphatic heterocycles. The van der Waals surface area contributed by atoms with Crippen molar-refractivity contribution in [2.24, 2.45) is 0 Å². The van der Waals surface area contributed by atoms with Crippen molar-refractivity contribution >= 4 is 28.9 Å². The molecule has 0 saturated carbocycles. The Morgan fingerprint density at radius 1 is 0.889 bits per heavy atom. The Bertz CT molecular complexity index is 1150. The van der Waals surface area contributed by atoms with E-state index in [0.717, 1.165) is 0 Å². The van der Waals surface area contributed by atoms with Gasteiger partial charge in [-0.2, -0.15) is 26.3 Å². The highest BCUT2D eigenvalue weighted by Crippen LogP contribution is 2.38. The average molecular weight is 522 g/mol. The fraction of sp³-hybridized carbons (Fsp3) is 0.455. The van der Waals surface area contributed by atoms with Crippen LogP contribution in [0.5, 0.6) is 0 Å². The number of hydrogen-bond acceptors (Lipinski definition) is 6. The lowest BCUT2D eigenvalue weighted by Gasteiger charge is -2.21. The van der Waals surface area contributed by atoms with E-state index >= 15 is 0 Å². The molecule has 0 unspecified atom stereocenters. The first-order valence-corrected chi connectivity index (χ1v) is 10.6. The lowest BCUT2D eigenvalue weighted by atomic mass is 10.1. The zero-order valence-corrected chi connectivity index (χ0v) is 19.5. The van der Waals surface area contributed by atoms with Gasteiger partial charge in [0.2, 0.25) is 11.8 Å². The molecule has 2 aromatic carbocycles. The number of nitrogens with one attached hydrogen (secondary N) is 3. The average Bonchev–Trinajstić information content (AvgIpc) is 2.76. The quantitative estimate of drug-likeness (QED) is 0.251. The van der Waals surface area contributed by atoms with Crippen LogP contribution in [0.15, 0.2) is 27.8 Å². The third-order valence-electron chi connectivity index (χ3n) is 5.11.